The largest absolute Gasteiger partial charge is 0.436 e. The number of nitrogens with one attached hydrogen (secondary N) is 1. The molecule has 2 fully saturated rings. The predicted molar refractivity (Wildman–Crippen MR) is 132 cm³/mol. The molecule has 1 aromatic carbocycles. The van der Waals surface area contributed by atoms with Gasteiger partial charge in [0.15, 0.2) is 6.54 Å². The fraction of sp³-hybridized carbons (Fsp3) is 0.500. The molecule has 3 aliphatic heterocycles. The molecule has 9 heteroatoms. The Labute approximate surface area is 203 Å². The number of H-pyrrole nitrogens is 1. The molecule has 0 saturated carbocycles. The summed E-state index contributed by atoms with van der Waals surface area (Å²) < 4.78 is 13.7. The molecule has 3 aromatic rings. The first-order valence-corrected chi connectivity index (χ1v) is 12.4. The zero-order valence-corrected chi connectivity index (χ0v) is 20.8. The molecular weight excluding hydrogens is 446 g/mol. The van der Waals surface area contributed by atoms with Gasteiger partial charge in [-0.15, -0.1) is 0 Å². The van der Waals surface area contributed by atoms with Crippen LogP contribution < -0.4 is 15.2 Å². The highest BCUT2D eigenvalue weighted by atomic mass is 16.5. The van der Waals surface area contributed by atoms with Gasteiger partial charge in [-0.25, -0.2) is 9.28 Å². The number of ether oxygens (including phenoxy) is 2. The Hall–Kier alpha value is -3.17. The summed E-state index contributed by atoms with van der Waals surface area (Å²) in [7, 11) is 1.91. The Bertz CT molecular complexity index is 1400. The molecule has 0 spiro atoms. The number of aryl methyl sites for hydroxylation is 2. The minimum atomic E-state index is -0.249. The average molecular weight is 479 g/mol. The highest BCUT2D eigenvalue weighted by molar-refractivity contribution is 6.03. The van der Waals surface area contributed by atoms with E-state index in [0.29, 0.717) is 36.0 Å². The zero-order chi connectivity index (χ0) is 24.5. The van der Waals surface area contributed by atoms with Crippen LogP contribution in [0.3, 0.4) is 0 Å². The third-order valence-corrected chi connectivity index (χ3v) is 7.87. The van der Waals surface area contributed by atoms with Crippen molar-refractivity contribution >= 4 is 22.5 Å². The Morgan fingerprint density at radius 1 is 1.29 bits per heavy atom. The molecule has 1 amide bonds. The van der Waals surface area contributed by atoms with E-state index in [0.717, 1.165) is 60.4 Å². The fourth-order valence-electron chi connectivity index (χ4n) is 5.97. The van der Waals surface area contributed by atoms with E-state index in [2.05, 4.69) is 16.8 Å². The van der Waals surface area contributed by atoms with E-state index >= 15 is 0 Å². The number of hydrogen-bond donors (Lipinski definition) is 1. The van der Waals surface area contributed by atoms with Crippen LogP contribution in [0.4, 0.5) is 5.69 Å². The van der Waals surface area contributed by atoms with Gasteiger partial charge in [-0.3, -0.25) is 9.48 Å². The summed E-state index contributed by atoms with van der Waals surface area (Å²) in [5.74, 6) is 0.611. The van der Waals surface area contributed by atoms with Crippen LogP contribution in [-0.2, 0) is 18.3 Å². The van der Waals surface area contributed by atoms with Gasteiger partial charge in [-0.2, -0.15) is 5.10 Å². The van der Waals surface area contributed by atoms with Crippen LogP contribution in [-0.4, -0.2) is 63.7 Å². The van der Waals surface area contributed by atoms with Crippen LogP contribution in [0.15, 0.2) is 23.1 Å². The molecule has 2 atom stereocenters. The third kappa shape index (κ3) is 3.40. The van der Waals surface area contributed by atoms with Crippen molar-refractivity contribution in [1.82, 2.24) is 14.8 Å². The molecule has 184 valence electrons. The first kappa shape index (κ1) is 22.3. The van der Waals surface area contributed by atoms with Crippen molar-refractivity contribution in [1.29, 1.82) is 0 Å². The van der Waals surface area contributed by atoms with E-state index in [4.69, 9.17) is 14.6 Å². The number of carbonyl (C=O) groups excluding carboxylic acids is 1. The first-order valence-electron chi connectivity index (χ1n) is 12.4. The molecule has 2 aromatic heterocycles. The minimum Gasteiger partial charge on any atom is -0.436 e. The highest BCUT2D eigenvalue weighted by Gasteiger charge is 2.66. The molecule has 3 aliphatic rings. The predicted octanol–water partition coefficient (Wildman–Crippen LogP) is 2.77. The Kier molecular flexibility index (Phi) is 5.05. The van der Waals surface area contributed by atoms with Gasteiger partial charge in [0, 0.05) is 56.2 Å². The number of rotatable bonds is 4. The van der Waals surface area contributed by atoms with Crippen LogP contribution in [0, 0.1) is 13.8 Å². The smallest absolute Gasteiger partial charge is 0.350 e. The van der Waals surface area contributed by atoms with Crippen molar-refractivity contribution in [3.05, 3.63) is 51.1 Å². The summed E-state index contributed by atoms with van der Waals surface area (Å²) in [6, 6.07) is 4.17. The number of carbonyl (C=O) groups is 1. The van der Waals surface area contributed by atoms with Gasteiger partial charge in [0.05, 0.1) is 11.3 Å². The lowest BCUT2D eigenvalue weighted by atomic mass is 9.98. The summed E-state index contributed by atoms with van der Waals surface area (Å²) in [4.78, 5) is 32.1. The van der Waals surface area contributed by atoms with Crippen LogP contribution in [0.2, 0.25) is 0 Å². The van der Waals surface area contributed by atoms with E-state index in [-0.39, 0.29) is 22.2 Å². The number of quaternary nitrogens is 1. The maximum Gasteiger partial charge on any atom is 0.350 e. The van der Waals surface area contributed by atoms with Gasteiger partial charge in [0.1, 0.15) is 23.4 Å². The van der Waals surface area contributed by atoms with Crippen molar-refractivity contribution < 1.29 is 18.8 Å². The topological polar surface area (TPSA) is 89.5 Å². The summed E-state index contributed by atoms with van der Waals surface area (Å²) >= 11 is 0. The molecule has 9 nitrogen and oxygen atoms in total. The van der Waals surface area contributed by atoms with E-state index < -0.39 is 0 Å². The number of benzene rings is 1. The lowest BCUT2D eigenvalue weighted by molar-refractivity contribution is -0.758. The van der Waals surface area contributed by atoms with Crippen LogP contribution in [0.5, 0.6) is 5.75 Å². The first-order chi connectivity index (χ1) is 16.8. The van der Waals surface area contributed by atoms with Crippen LogP contribution >= 0.6 is 0 Å². The second-order valence-corrected chi connectivity index (χ2v) is 10.1. The van der Waals surface area contributed by atoms with Gasteiger partial charge in [-0.1, -0.05) is 0 Å². The second-order valence-electron chi connectivity index (χ2n) is 10.1. The lowest BCUT2D eigenvalue weighted by Gasteiger charge is -2.36. The van der Waals surface area contributed by atoms with Crippen molar-refractivity contribution in [2.75, 3.05) is 31.2 Å². The zero-order valence-electron chi connectivity index (χ0n) is 20.8. The second kappa shape index (κ2) is 7.93. The Morgan fingerprint density at radius 2 is 2.06 bits per heavy atom. The van der Waals surface area contributed by atoms with E-state index in [1.165, 1.54) is 0 Å². The minimum absolute atomic E-state index is 0.00755. The van der Waals surface area contributed by atoms with E-state index in [1.54, 1.807) is 0 Å². The van der Waals surface area contributed by atoms with Crippen molar-refractivity contribution in [3.8, 4) is 5.75 Å². The fourth-order valence-corrected chi connectivity index (χ4v) is 5.97. The monoisotopic (exact) mass is 478 g/mol. The summed E-state index contributed by atoms with van der Waals surface area (Å²) in [5, 5.41) is 5.73. The maximum atomic E-state index is 14.2. The molecule has 0 bridgehead atoms. The molecule has 0 radical (unpaired) electrons. The summed E-state index contributed by atoms with van der Waals surface area (Å²) in [5.41, 5.74) is 4.72. The van der Waals surface area contributed by atoms with Crippen molar-refractivity contribution in [2.24, 2.45) is 7.05 Å². The number of nitrogens with zero attached hydrogens (tertiary/aromatic N) is 4. The third-order valence-electron chi connectivity index (χ3n) is 7.87. The number of fused-ring (bicyclic) bond motifs is 3. The SMILES string of the molecule is CCN(c1c(C)c(C(=O)[N+]23Cc4c(cc(C)[nH]c4=O)OC2C3)cc2cn(C)nc12)C1CCOCC1. The normalized spacial score (nSPS) is 23.5. The molecule has 0 aliphatic carbocycles. The highest BCUT2D eigenvalue weighted by Crippen LogP contribution is 2.45. The number of amides is 1. The Morgan fingerprint density at radius 3 is 2.80 bits per heavy atom. The molecule has 5 heterocycles. The maximum absolute atomic E-state index is 14.2. The number of anilines is 1. The molecule has 1 N–H and O–H groups in total. The molecule has 2 saturated heterocycles. The number of aromatic amines is 1. The number of hydrogen-bond acceptors (Lipinski definition) is 6. The number of aromatic nitrogens is 3. The van der Waals surface area contributed by atoms with Gasteiger partial charge in [0.2, 0.25) is 0 Å². The van der Waals surface area contributed by atoms with E-state index in [1.807, 2.05) is 43.9 Å². The van der Waals surface area contributed by atoms with Gasteiger partial charge < -0.3 is 19.4 Å². The van der Waals surface area contributed by atoms with Crippen LogP contribution in [0.25, 0.3) is 10.9 Å². The molecule has 35 heavy (non-hydrogen) atoms. The summed E-state index contributed by atoms with van der Waals surface area (Å²) in [6.07, 6.45) is 3.63. The van der Waals surface area contributed by atoms with Crippen molar-refractivity contribution in [3.63, 3.8) is 0 Å². The molecule has 6 rings (SSSR count). The van der Waals surface area contributed by atoms with E-state index in [9.17, 15) is 9.59 Å². The van der Waals surface area contributed by atoms with Gasteiger partial charge in [-0.05, 0) is 45.2 Å². The average Bonchev–Trinajstić information content (AvgIpc) is 3.44. The van der Waals surface area contributed by atoms with Crippen molar-refractivity contribution in [2.45, 2.75) is 52.4 Å². The standard InChI is InChI=1S/C26H31N5O4/c1-5-30(18-6-8-34-9-7-18)24-16(3)19(11-17-12-29(4)28-23(17)24)26(33)31-13-20-21(35-22(31)14-31)10-15(2)27-25(20)32/h10-12,18,22H,5-9,13-14H2,1-4H3/p+1. The van der Waals surface area contributed by atoms with Crippen LogP contribution in [0.1, 0.15) is 46.9 Å². The molecular formula is C26H32N5O4+. The lowest BCUT2D eigenvalue weighted by Crippen LogP contribution is -2.43. The van der Waals surface area contributed by atoms with Gasteiger partial charge >= 0.3 is 5.91 Å². The van der Waals surface area contributed by atoms with Gasteiger partial charge in [0.25, 0.3) is 11.8 Å². The quantitative estimate of drug-likeness (QED) is 0.458. The molecule has 2 unspecified atom stereocenters. The Balaban J connectivity index is 1.45. The summed E-state index contributed by atoms with van der Waals surface area (Å²) in [6.45, 7) is 9.27. The number of pyridine rings is 1.